The molecule has 0 bridgehead atoms. The van der Waals surface area contributed by atoms with Crippen molar-refractivity contribution in [2.45, 2.75) is 78.1 Å². The van der Waals surface area contributed by atoms with Crippen LogP contribution in [0.15, 0.2) is 5.16 Å². The van der Waals surface area contributed by atoms with Crippen molar-refractivity contribution in [1.29, 1.82) is 0 Å². The second-order valence-corrected chi connectivity index (χ2v) is 6.55. The van der Waals surface area contributed by atoms with Gasteiger partial charge in [0, 0.05) is 5.92 Å². The van der Waals surface area contributed by atoms with E-state index in [1.165, 1.54) is 19.3 Å². The third-order valence-electron chi connectivity index (χ3n) is 4.74. The van der Waals surface area contributed by atoms with E-state index in [-0.39, 0.29) is 13.2 Å². The number of oxime groups is 1. The minimum absolute atomic E-state index is 0.201. The number of esters is 2. The largest absolute Gasteiger partial charge is 0.465 e. The summed E-state index contributed by atoms with van der Waals surface area (Å²) in [6.07, 6.45) is 9.91. The van der Waals surface area contributed by atoms with Gasteiger partial charge in [0.1, 0.15) is 0 Å². The van der Waals surface area contributed by atoms with E-state index >= 15 is 0 Å². The van der Waals surface area contributed by atoms with Gasteiger partial charge in [-0.15, -0.1) is 0 Å². The molecular formula is C19H33NO5. The zero-order chi connectivity index (χ0) is 18.5. The van der Waals surface area contributed by atoms with E-state index < -0.39 is 23.8 Å². The van der Waals surface area contributed by atoms with E-state index in [2.05, 4.69) is 5.16 Å². The van der Waals surface area contributed by atoms with Gasteiger partial charge in [0.15, 0.2) is 5.92 Å². The number of ether oxygens (including phenoxy) is 2. The lowest BCUT2D eigenvalue weighted by atomic mass is 9.81. The Kier molecular flexibility index (Phi) is 10.9. The first-order valence-corrected chi connectivity index (χ1v) is 9.69. The average molecular weight is 355 g/mol. The summed E-state index contributed by atoms with van der Waals surface area (Å²) >= 11 is 0. The number of nitrogens with zero attached hydrogens (tertiary/aromatic N) is 1. The molecule has 1 N–H and O–H groups in total. The van der Waals surface area contributed by atoms with Gasteiger partial charge in [-0.1, -0.05) is 50.1 Å². The molecule has 6 nitrogen and oxygen atoms in total. The molecule has 0 saturated heterocycles. The van der Waals surface area contributed by atoms with Crippen LogP contribution in [0.2, 0.25) is 0 Å². The van der Waals surface area contributed by atoms with E-state index in [4.69, 9.17) is 9.47 Å². The van der Waals surface area contributed by atoms with E-state index in [1.54, 1.807) is 13.8 Å². The van der Waals surface area contributed by atoms with E-state index in [0.29, 0.717) is 18.6 Å². The molecule has 144 valence electrons. The van der Waals surface area contributed by atoms with Crippen molar-refractivity contribution in [1.82, 2.24) is 0 Å². The van der Waals surface area contributed by atoms with Gasteiger partial charge in [-0.2, -0.15) is 0 Å². The zero-order valence-electron chi connectivity index (χ0n) is 15.7. The maximum Gasteiger partial charge on any atom is 0.321 e. The molecule has 25 heavy (non-hydrogen) atoms. The molecule has 1 saturated carbocycles. The summed E-state index contributed by atoms with van der Waals surface area (Å²) < 4.78 is 10.2. The zero-order valence-corrected chi connectivity index (χ0v) is 15.7. The van der Waals surface area contributed by atoms with Crippen LogP contribution in [0.5, 0.6) is 0 Å². The Morgan fingerprint density at radius 1 is 0.960 bits per heavy atom. The SMILES string of the molecule is CCOC(=O)C(C(=O)OCC)C1CCCCCCCCCC/C1=N\O. The standard InChI is InChI=1S/C19H33NO5/c1-3-24-18(21)17(19(22)25-4-2)15-13-11-9-7-5-6-8-10-12-14-16(15)20-23/h15,17,23H,3-14H2,1-2H3/b20-16+. The molecule has 0 amide bonds. The summed E-state index contributed by atoms with van der Waals surface area (Å²) in [5.41, 5.74) is 0.520. The van der Waals surface area contributed by atoms with Gasteiger partial charge in [0.25, 0.3) is 0 Å². The highest BCUT2D eigenvalue weighted by atomic mass is 16.6. The Morgan fingerprint density at radius 2 is 1.44 bits per heavy atom. The van der Waals surface area contributed by atoms with Crippen molar-refractivity contribution in [3.63, 3.8) is 0 Å². The van der Waals surface area contributed by atoms with Gasteiger partial charge in [-0.05, 0) is 33.1 Å². The Labute approximate surface area is 150 Å². The lowest BCUT2D eigenvalue weighted by Gasteiger charge is -2.25. The quantitative estimate of drug-likeness (QED) is 0.347. The maximum atomic E-state index is 12.4. The summed E-state index contributed by atoms with van der Waals surface area (Å²) in [4.78, 5) is 24.9. The van der Waals surface area contributed by atoms with Crippen molar-refractivity contribution in [3.8, 4) is 0 Å². The summed E-state index contributed by atoms with van der Waals surface area (Å²) in [6, 6.07) is 0. The normalized spacial score (nSPS) is 22.0. The molecule has 0 aromatic carbocycles. The summed E-state index contributed by atoms with van der Waals surface area (Å²) in [7, 11) is 0. The first kappa shape index (κ1) is 21.5. The van der Waals surface area contributed by atoms with Crippen LogP contribution in [-0.2, 0) is 19.1 Å². The Morgan fingerprint density at radius 3 is 1.92 bits per heavy atom. The summed E-state index contributed by atoms with van der Waals surface area (Å²) in [5.74, 6) is -2.67. The predicted octanol–water partition coefficient (Wildman–Crippen LogP) is 4.09. The van der Waals surface area contributed by atoms with Crippen LogP contribution in [0, 0.1) is 11.8 Å². The number of carbonyl (C=O) groups excluding carboxylic acids is 2. The minimum atomic E-state index is -1.05. The smallest absolute Gasteiger partial charge is 0.321 e. The molecular weight excluding hydrogens is 322 g/mol. The third kappa shape index (κ3) is 7.45. The van der Waals surface area contributed by atoms with Crippen LogP contribution in [-0.4, -0.2) is 36.1 Å². The first-order chi connectivity index (χ1) is 12.2. The van der Waals surface area contributed by atoms with Gasteiger partial charge in [0.2, 0.25) is 0 Å². The fourth-order valence-electron chi connectivity index (χ4n) is 3.46. The highest BCUT2D eigenvalue weighted by molar-refractivity contribution is 6.01. The van der Waals surface area contributed by atoms with E-state index in [9.17, 15) is 14.8 Å². The Bertz CT molecular complexity index is 418. The maximum absolute atomic E-state index is 12.4. The van der Waals surface area contributed by atoms with E-state index in [1.807, 2.05) is 0 Å². The molecule has 0 aliphatic heterocycles. The molecule has 0 aromatic heterocycles. The molecule has 1 aliphatic carbocycles. The van der Waals surface area contributed by atoms with Crippen molar-refractivity contribution in [2.75, 3.05) is 13.2 Å². The van der Waals surface area contributed by atoms with Crippen molar-refractivity contribution in [2.24, 2.45) is 17.0 Å². The summed E-state index contributed by atoms with van der Waals surface area (Å²) in [5, 5.41) is 13.0. The Hall–Kier alpha value is -1.59. The molecule has 0 radical (unpaired) electrons. The molecule has 1 atom stereocenters. The van der Waals surface area contributed by atoms with Crippen molar-refractivity contribution in [3.05, 3.63) is 0 Å². The third-order valence-corrected chi connectivity index (χ3v) is 4.74. The molecule has 0 aromatic rings. The molecule has 6 heteroatoms. The van der Waals surface area contributed by atoms with Crippen LogP contribution >= 0.6 is 0 Å². The highest BCUT2D eigenvalue weighted by Crippen LogP contribution is 2.28. The minimum Gasteiger partial charge on any atom is -0.465 e. The van der Waals surface area contributed by atoms with Crippen LogP contribution in [0.3, 0.4) is 0 Å². The lowest BCUT2D eigenvalue weighted by Crippen LogP contribution is -2.38. The number of hydrogen-bond acceptors (Lipinski definition) is 6. The second-order valence-electron chi connectivity index (χ2n) is 6.55. The second kappa shape index (κ2) is 12.7. The fourth-order valence-corrected chi connectivity index (χ4v) is 3.46. The van der Waals surface area contributed by atoms with Gasteiger partial charge in [0.05, 0.1) is 18.9 Å². The topological polar surface area (TPSA) is 85.2 Å². The molecule has 1 aliphatic rings. The van der Waals surface area contributed by atoms with Gasteiger partial charge >= 0.3 is 11.9 Å². The fraction of sp³-hybridized carbons (Fsp3) is 0.842. The molecule has 0 heterocycles. The summed E-state index contributed by atoms with van der Waals surface area (Å²) in [6.45, 7) is 3.82. The monoisotopic (exact) mass is 355 g/mol. The number of hydrogen-bond donors (Lipinski definition) is 1. The van der Waals surface area contributed by atoms with E-state index in [0.717, 1.165) is 32.1 Å². The van der Waals surface area contributed by atoms with Crippen molar-refractivity contribution >= 4 is 17.7 Å². The Balaban J connectivity index is 3.02. The van der Waals surface area contributed by atoms with Crippen molar-refractivity contribution < 1.29 is 24.3 Å². The highest BCUT2D eigenvalue weighted by Gasteiger charge is 2.40. The van der Waals surface area contributed by atoms with Gasteiger partial charge in [-0.3, -0.25) is 9.59 Å². The number of carbonyl (C=O) groups is 2. The van der Waals surface area contributed by atoms with Crippen LogP contribution in [0.1, 0.15) is 78.1 Å². The molecule has 1 rings (SSSR count). The van der Waals surface area contributed by atoms with Crippen LogP contribution in [0.4, 0.5) is 0 Å². The van der Waals surface area contributed by atoms with Gasteiger partial charge in [-0.25, -0.2) is 0 Å². The van der Waals surface area contributed by atoms with Crippen LogP contribution in [0.25, 0.3) is 0 Å². The predicted molar refractivity (Wildman–Crippen MR) is 95.6 cm³/mol. The molecule has 1 unspecified atom stereocenters. The first-order valence-electron chi connectivity index (χ1n) is 9.69. The number of rotatable bonds is 5. The molecule has 1 fully saturated rings. The average Bonchev–Trinajstić information content (AvgIpc) is 2.58. The molecule has 0 spiro atoms. The lowest BCUT2D eigenvalue weighted by molar-refractivity contribution is -0.163. The van der Waals surface area contributed by atoms with Gasteiger partial charge < -0.3 is 14.7 Å². The van der Waals surface area contributed by atoms with Crippen LogP contribution < -0.4 is 0 Å².